The number of aromatic amines is 1. The summed E-state index contributed by atoms with van der Waals surface area (Å²) in [6, 6.07) is 20.4. The molecule has 4 aromatic carbocycles. The Morgan fingerprint density at radius 3 is 1.64 bits per heavy atom. The van der Waals surface area contributed by atoms with Gasteiger partial charge in [-0.1, -0.05) is 76.2 Å². The molecular formula is C38H36N4O5. The number of nitrogens with one attached hydrogen (secondary N) is 1. The fourth-order valence-electron chi connectivity index (χ4n) is 5.42. The van der Waals surface area contributed by atoms with Crippen LogP contribution in [0.2, 0.25) is 0 Å². The van der Waals surface area contributed by atoms with Gasteiger partial charge in [0, 0.05) is 45.2 Å². The largest absolute Gasteiger partial charge is 0.397 e. The van der Waals surface area contributed by atoms with Crippen molar-refractivity contribution >= 4 is 51.8 Å². The first-order chi connectivity index (χ1) is 22.5. The number of aromatic nitrogens is 2. The highest BCUT2D eigenvalue weighted by molar-refractivity contribution is 6.32. The lowest BCUT2D eigenvalue weighted by Crippen LogP contribution is -2.22. The van der Waals surface area contributed by atoms with Gasteiger partial charge in [-0.25, -0.2) is 4.98 Å². The standard InChI is InChI=1S/C19H16N2O2.C14H10N2O2.C5H10O/c1-3-10(2)19-20-14-9-8-13-15(16(14)21-19)18(23)12-7-5-4-6-11(12)17(13)22;15-10-6-5-9-11(12(10)16)14(18)8-4-2-1-3-7(8)13(9)17;1-3-5(2)4-6/h4-10H,3H2,1-2H3,(H,20,21);1-6H,15-16H2;4-5H,3H2,1-2H3. The normalized spacial score (nSPS) is 14.0. The molecule has 9 heteroatoms. The molecule has 5 aromatic rings. The highest BCUT2D eigenvalue weighted by Crippen LogP contribution is 2.34. The van der Waals surface area contributed by atoms with E-state index in [2.05, 4.69) is 23.8 Å². The van der Waals surface area contributed by atoms with Crippen LogP contribution in [0.5, 0.6) is 0 Å². The van der Waals surface area contributed by atoms with E-state index in [-0.39, 0.29) is 46.2 Å². The van der Waals surface area contributed by atoms with Crippen LogP contribution in [0.4, 0.5) is 11.4 Å². The van der Waals surface area contributed by atoms with Crippen molar-refractivity contribution in [3.8, 4) is 0 Å². The number of nitrogens with zero attached hydrogens (tertiary/aromatic N) is 1. The van der Waals surface area contributed by atoms with E-state index >= 15 is 0 Å². The van der Waals surface area contributed by atoms with Gasteiger partial charge in [0.2, 0.25) is 0 Å². The zero-order chi connectivity index (χ0) is 34.0. The smallest absolute Gasteiger partial charge is 0.196 e. The molecule has 2 atom stereocenters. The number of carbonyl (C=O) groups is 5. The minimum atomic E-state index is -0.245. The fourth-order valence-corrected chi connectivity index (χ4v) is 5.42. The predicted molar refractivity (Wildman–Crippen MR) is 182 cm³/mol. The molecule has 9 nitrogen and oxygen atoms in total. The molecule has 2 aliphatic carbocycles. The van der Waals surface area contributed by atoms with Crippen molar-refractivity contribution in [3.63, 3.8) is 0 Å². The summed E-state index contributed by atoms with van der Waals surface area (Å²) in [5.74, 6) is 0.727. The molecule has 0 amide bonds. The Kier molecular flexibility index (Phi) is 9.28. The Labute approximate surface area is 272 Å². The lowest BCUT2D eigenvalue weighted by molar-refractivity contribution is -0.110. The summed E-state index contributed by atoms with van der Waals surface area (Å²) in [6.45, 7) is 8.09. The number of nitrogens with two attached hydrogens (primary N) is 2. The third kappa shape index (κ3) is 5.88. The number of H-pyrrole nitrogens is 1. The molecule has 2 unspecified atom stereocenters. The predicted octanol–water partition coefficient (Wildman–Crippen LogP) is 6.71. The Balaban J connectivity index is 0.000000161. The number of nitrogen functional groups attached to an aromatic ring is 2. The first kappa shape index (κ1) is 32.7. The van der Waals surface area contributed by atoms with Gasteiger partial charge in [0.1, 0.15) is 17.6 Å². The van der Waals surface area contributed by atoms with Crippen LogP contribution in [-0.4, -0.2) is 39.4 Å². The van der Waals surface area contributed by atoms with E-state index in [0.29, 0.717) is 50.1 Å². The summed E-state index contributed by atoms with van der Waals surface area (Å²) in [7, 11) is 0. The first-order valence-electron chi connectivity index (χ1n) is 15.6. The second-order valence-corrected chi connectivity index (χ2v) is 11.7. The SMILES string of the molecule is CCC(C)C=O.CCC(C)c1nc2c3c(ccc2[nH]1)C(=O)c1ccccc1C3=O.Nc1ccc2c(c1N)C(=O)c1ccccc1C2=O. The minimum Gasteiger partial charge on any atom is -0.397 e. The van der Waals surface area contributed by atoms with Crippen molar-refractivity contribution in [3.05, 3.63) is 123 Å². The van der Waals surface area contributed by atoms with E-state index in [0.717, 1.165) is 30.5 Å². The number of hydrogen-bond donors (Lipinski definition) is 3. The first-order valence-corrected chi connectivity index (χ1v) is 15.6. The Morgan fingerprint density at radius 2 is 1.15 bits per heavy atom. The molecule has 0 spiro atoms. The number of hydrogen-bond acceptors (Lipinski definition) is 8. The summed E-state index contributed by atoms with van der Waals surface area (Å²) < 4.78 is 0. The summed E-state index contributed by atoms with van der Waals surface area (Å²) in [6.07, 6.45) is 2.89. The van der Waals surface area contributed by atoms with Crippen LogP contribution in [0.3, 0.4) is 0 Å². The summed E-state index contributed by atoms with van der Waals surface area (Å²) in [5.41, 5.74) is 16.6. The van der Waals surface area contributed by atoms with Crippen molar-refractivity contribution in [2.24, 2.45) is 5.92 Å². The van der Waals surface area contributed by atoms with Gasteiger partial charge in [-0.05, 0) is 37.1 Å². The Bertz CT molecular complexity index is 2080. The maximum absolute atomic E-state index is 12.9. The average molecular weight is 629 g/mol. The summed E-state index contributed by atoms with van der Waals surface area (Å²) in [4.78, 5) is 67.9. The minimum absolute atomic E-state index is 0.106. The number of benzene rings is 4. The monoisotopic (exact) mass is 628 g/mol. The maximum atomic E-state index is 12.9. The lowest BCUT2D eigenvalue weighted by Gasteiger charge is -2.19. The third-order valence-corrected chi connectivity index (χ3v) is 8.68. The second-order valence-electron chi connectivity index (χ2n) is 11.7. The Morgan fingerprint density at radius 1 is 0.660 bits per heavy atom. The van der Waals surface area contributed by atoms with Gasteiger partial charge in [-0.3, -0.25) is 19.2 Å². The van der Waals surface area contributed by atoms with Crippen LogP contribution in [0, 0.1) is 5.92 Å². The number of ketones is 4. The number of anilines is 2. The van der Waals surface area contributed by atoms with Crippen LogP contribution >= 0.6 is 0 Å². The van der Waals surface area contributed by atoms with E-state index < -0.39 is 0 Å². The fraction of sp³-hybridized carbons (Fsp3) is 0.211. The lowest BCUT2D eigenvalue weighted by atomic mass is 9.83. The van der Waals surface area contributed by atoms with E-state index in [4.69, 9.17) is 11.5 Å². The summed E-state index contributed by atoms with van der Waals surface area (Å²) in [5, 5.41) is 0. The van der Waals surface area contributed by atoms with Crippen molar-refractivity contribution in [2.45, 2.75) is 46.5 Å². The van der Waals surface area contributed by atoms with Crippen LogP contribution in [0.15, 0.2) is 72.8 Å². The topological polar surface area (TPSA) is 166 Å². The van der Waals surface area contributed by atoms with E-state index in [1.54, 1.807) is 66.7 Å². The molecule has 5 N–H and O–H groups in total. The molecule has 0 bridgehead atoms. The number of rotatable bonds is 4. The molecule has 1 heterocycles. The van der Waals surface area contributed by atoms with Crippen molar-refractivity contribution < 1.29 is 24.0 Å². The molecule has 7 rings (SSSR count). The number of fused-ring (bicyclic) bond motifs is 6. The van der Waals surface area contributed by atoms with Crippen LogP contribution in [0.25, 0.3) is 11.0 Å². The van der Waals surface area contributed by atoms with Gasteiger partial charge < -0.3 is 21.2 Å². The number of imidazole rings is 1. The molecular weight excluding hydrogens is 592 g/mol. The van der Waals surface area contributed by atoms with Gasteiger partial charge in [0.25, 0.3) is 0 Å². The molecule has 0 aliphatic heterocycles. The molecule has 238 valence electrons. The maximum Gasteiger partial charge on any atom is 0.196 e. The van der Waals surface area contributed by atoms with Crippen LogP contribution in [-0.2, 0) is 4.79 Å². The summed E-state index contributed by atoms with van der Waals surface area (Å²) >= 11 is 0. The van der Waals surface area contributed by atoms with Crippen molar-refractivity contribution in [2.75, 3.05) is 11.5 Å². The quantitative estimate of drug-likeness (QED) is 0.143. The third-order valence-electron chi connectivity index (χ3n) is 8.68. The van der Waals surface area contributed by atoms with Crippen molar-refractivity contribution in [1.29, 1.82) is 0 Å². The van der Waals surface area contributed by atoms with Crippen molar-refractivity contribution in [1.82, 2.24) is 9.97 Å². The van der Waals surface area contributed by atoms with Gasteiger partial charge in [0.15, 0.2) is 23.1 Å². The van der Waals surface area contributed by atoms with Gasteiger partial charge in [-0.15, -0.1) is 0 Å². The average Bonchev–Trinajstić information content (AvgIpc) is 3.55. The van der Waals surface area contributed by atoms with E-state index in [9.17, 15) is 24.0 Å². The van der Waals surface area contributed by atoms with E-state index in [1.807, 2.05) is 19.9 Å². The molecule has 0 radical (unpaired) electrons. The van der Waals surface area contributed by atoms with Crippen LogP contribution < -0.4 is 11.5 Å². The zero-order valence-electron chi connectivity index (χ0n) is 26.7. The highest BCUT2D eigenvalue weighted by atomic mass is 16.1. The molecule has 2 aliphatic rings. The van der Waals surface area contributed by atoms with Gasteiger partial charge in [-0.2, -0.15) is 0 Å². The molecule has 1 aromatic heterocycles. The molecule has 0 saturated carbocycles. The number of aldehydes is 1. The second kappa shape index (κ2) is 13.3. The van der Waals surface area contributed by atoms with Gasteiger partial charge >= 0.3 is 0 Å². The van der Waals surface area contributed by atoms with E-state index in [1.165, 1.54) is 0 Å². The molecule has 47 heavy (non-hydrogen) atoms. The Hall–Kier alpha value is -5.70. The molecule has 0 fully saturated rings. The zero-order valence-corrected chi connectivity index (χ0v) is 26.7. The number of carbonyl (C=O) groups excluding carboxylic acids is 5. The van der Waals surface area contributed by atoms with Crippen LogP contribution in [0.1, 0.15) is 116 Å². The van der Waals surface area contributed by atoms with Gasteiger partial charge in [0.05, 0.1) is 28.0 Å². The molecule has 0 saturated heterocycles. The highest BCUT2D eigenvalue weighted by Gasteiger charge is 2.33.